The summed E-state index contributed by atoms with van der Waals surface area (Å²) in [7, 11) is 3.21. The Hall–Kier alpha value is -1.88. The van der Waals surface area contributed by atoms with Crippen LogP contribution in [0.2, 0.25) is 0 Å². The van der Waals surface area contributed by atoms with Crippen molar-refractivity contribution in [1.29, 1.82) is 0 Å². The highest BCUT2D eigenvalue weighted by Gasteiger charge is 2.18. The second-order valence-corrected chi connectivity index (χ2v) is 6.87. The Morgan fingerprint density at radius 1 is 1.16 bits per heavy atom. The van der Waals surface area contributed by atoms with E-state index in [1.165, 1.54) is 28.9 Å². The molecular weight excluding hydrogens is 314 g/mol. The first-order chi connectivity index (χ1) is 11.9. The van der Waals surface area contributed by atoms with Gasteiger partial charge in [-0.25, -0.2) is 0 Å². The van der Waals surface area contributed by atoms with Gasteiger partial charge in [-0.15, -0.1) is 0 Å². The normalized spacial score (nSPS) is 12.1. The third kappa shape index (κ3) is 7.26. The Kier molecular flexibility index (Phi) is 9.21. The topological polar surface area (TPSA) is 61.4 Å². The molecule has 0 bridgehead atoms. The molecule has 5 nitrogen and oxygen atoms in total. The van der Waals surface area contributed by atoms with E-state index >= 15 is 0 Å². The monoisotopic (exact) mass is 347 g/mol. The first-order valence-electron chi connectivity index (χ1n) is 9.15. The van der Waals surface area contributed by atoms with Crippen LogP contribution in [0.1, 0.15) is 50.8 Å². The highest BCUT2D eigenvalue weighted by Crippen LogP contribution is 2.22. The number of nitrogens with one attached hydrogen (secondary N) is 2. The molecule has 0 fully saturated rings. The van der Waals surface area contributed by atoms with Crippen molar-refractivity contribution in [3.05, 3.63) is 35.4 Å². The molecule has 2 N–H and O–H groups in total. The van der Waals surface area contributed by atoms with Crippen molar-refractivity contribution < 1.29 is 9.59 Å². The fourth-order valence-electron chi connectivity index (χ4n) is 2.73. The fraction of sp³-hybridized carbons (Fsp3) is 0.600. The zero-order chi connectivity index (χ0) is 18.8. The van der Waals surface area contributed by atoms with E-state index in [1.54, 1.807) is 14.1 Å². The van der Waals surface area contributed by atoms with Gasteiger partial charge in [0.15, 0.2) is 0 Å². The van der Waals surface area contributed by atoms with Gasteiger partial charge in [-0.2, -0.15) is 0 Å². The molecule has 1 aromatic carbocycles. The average molecular weight is 348 g/mol. The van der Waals surface area contributed by atoms with E-state index in [9.17, 15) is 9.59 Å². The Morgan fingerprint density at radius 2 is 1.80 bits per heavy atom. The smallest absolute Gasteiger partial charge is 0.239 e. The number of hydrogen-bond acceptors (Lipinski definition) is 3. The zero-order valence-electron chi connectivity index (χ0n) is 16.3. The molecule has 25 heavy (non-hydrogen) atoms. The fourth-order valence-corrected chi connectivity index (χ4v) is 2.73. The molecule has 0 saturated carbocycles. The van der Waals surface area contributed by atoms with Crippen LogP contribution in [0.5, 0.6) is 0 Å². The molecule has 0 saturated heterocycles. The molecule has 0 heterocycles. The quantitative estimate of drug-likeness (QED) is 0.684. The van der Waals surface area contributed by atoms with Crippen LogP contribution in [0.4, 0.5) is 0 Å². The summed E-state index contributed by atoms with van der Waals surface area (Å²) in [5.41, 5.74) is 2.55. The van der Waals surface area contributed by atoms with Crippen molar-refractivity contribution in [3.8, 4) is 0 Å². The molecule has 0 radical (unpaired) electrons. The summed E-state index contributed by atoms with van der Waals surface area (Å²) in [6, 6.07) is 8.78. The largest absolute Gasteiger partial charge is 0.358 e. The van der Waals surface area contributed by atoms with Crippen LogP contribution in [0.25, 0.3) is 0 Å². The lowest BCUT2D eigenvalue weighted by molar-refractivity contribution is -0.134. The van der Waals surface area contributed by atoms with Crippen molar-refractivity contribution in [2.45, 2.75) is 46.1 Å². The number of benzene rings is 1. The maximum atomic E-state index is 12.2. The standard InChI is InChI=1S/C20H33N3O2/c1-6-7-8-16-9-11-17(12-10-16)20(15(2)3)22-13-19(25)23(5)14-18(24)21-4/h9-12,15,20,22H,6-8,13-14H2,1-5H3,(H,21,24)/t20-/m1/s1. The van der Waals surface area contributed by atoms with Crippen LogP contribution in [0.15, 0.2) is 24.3 Å². The molecule has 2 amide bonds. The molecule has 0 spiro atoms. The lowest BCUT2D eigenvalue weighted by atomic mass is 9.94. The molecule has 0 aromatic heterocycles. The minimum Gasteiger partial charge on any atom is -0.358 e. The SMILES string of the molecule is CCCCc1ccc([C@H](NCC(=O)N(C)CC(=O)NC)C(C)C)cc1. The van der Waals surface area contributed by atoms with Gasteiger partial charge >= 0.3 is 0 Å². The van der Waals surface area contributed by atoms with Gasteiger partial charge in [0.1, 0.15) is 0 Å². The molecule has 1 rings (SSSR count). The molecule has 0 aliphatic heterocycles. The number of carbonyl (C=O) groups is 2. The lowest BCUT2D eigenvalue weighted by Crippen LogP contribution is -2.42. The van der Waals surface area contributed by atoms with Gasteiger partial charge in [-0.3, -0.25) is 9.59 Å². The number of rotatable bonds is 10. The third-order valence-electron chi connectivity index (χ3n) is 4.38. The van der Waals surface area contributed by atoms with Crippen LogP contribution in [-0.4, -0.2) is 43.9 Å². The molecule has 0 aliphatic carbocycles. The van der Waals surface area contributed by atoms with Crippen LogP contribution >= 0.6 is 0 Å². The van der Waals surface area contributed by atoms with Crippen molar-refractivity contribution in [2.75, 3.05) is 27.2 Å². The minimum atomic E-state index is -0.168. The van der Waals surface area contributed by atoms with Crippen molar-refractivity contribution in [2.24, 2.45) is 5.92 Å². The van der Waals surface area contributed by atoms with Crippen LogP contribution in [0.3, 0.4) is 0 Å². The third-order valence-corrected chi connectivity index (χ3v) is 4.38. The summed E-state index contributed by atoms with van der Waals surface area (Å²) < 4.78 is 0. The van der Waals surface area contributed by atoms with Gasteiger partial charge in [0.25, 0.3) is 0 Å². The zero-order valence-corrected chi connectivity index (χ0v) is 16.3. The summed E-state index contributed by atoms with van der Waals surface area (Å²) in [4.78, 5) is 25.0. The van der Waals surface area contributed by atoms with Gasteiger partial charge in [-0.05, 0) is 29.9 Å². The van der Waals surface area contributed by atoms with Gasteiger partial charge in [0, 0.05) is 20.1 Å². The maximum absolute atomic E-state index is 12.2. The number of aryl methyl sites for hydroxylation is 1. The second-order valence-electron chi connectivity index (χ2n) is 6.87. The highest BCUT2D eigenvalue weighted by atomic mass is 16.2. The van der Waals surface area contributed by atoms with Crippen LogP contribution < -0.4 is 10.6 Å². The summed E-state index contributed by atoms with van der Waals surface area (Å²) in [6.45, 7) is 6.78. The first kappa shape index (κ1) is 21.2. The van der Waals surface area contributed by atoms with E-state index in [2.05, 4.69) is 55.7 Å². The van der Waals surface area contributed by atoms with E-state index in [0.29, 0.717) is 5.92 Å². The van der Waals surface area contributed by atoms with E-state index < -0.39 is 0 Å². The van der Waals surface area contributed by atoms with Crippen molar-refractivity contribution in [1.82, 2.24) is 15.5 Å². The van der Waals surface area contributed by atoms with Gasteiger partial charge < -0.3 is 15.5 Å². The summed E-state index contributed by atoms with van der Waals surface area (Å²) >= 11 is 0. The van der Waals surface area contributed by atoms with E-state index in [4.69, 9.17) is 0 Å². The minimum absolute atomic E-state index is 0.0789. The molecule has 140 valence electrons. The summed E-state index contributed by atoms with van der Waals surface area (Å²) in [6.07, 6.45) is 3.51. The van der Waals surface area contributed by atoms with E-state index in [-0.39, 0.29) is 30.9 Å². The number of amides is 2. The summed E-state index contributed by atoms with van der Waals surface area (Å²) in [5.74, 6) is 0.103. The van der Waals surface area contributed by atoms with Gasteiger partial charge in [0.2, 0.25) is 11.8 Å². The van der Waals surface area contributed by atoms with E-state index in [1.807, 2.05) is 0 Å². The molecule has 1 atom stereocenters. The number of hydrogen-bond donors (Lipinski definition) is 2. The Morgan fingerprint density at radius 3 is 2.32 bits per heavy atom. The molecule has 0 unspecified atom stereocenters. The predicted molar refractivity (Wildman–Crippen MR) is 102 cm³/mol. The maximum Gasteiger partial charge on any atom is 0.239 e. The van der Waals surface area contributed by atoms with Crippen molar-refractivity contribution >= 4 is 11.8 Å². The molecule has 0 aliphatic rings. The molecule has 5 heteroatoms. The average Bonchev–Trinajstić information content (AvgIpc) is 2.60. The van der Waals surface area contributed by atoms with Gasteiger partial charge in [-0.1, -0.05) is 51.5 Å². The Labute approximate surface area is 152 Å². The van der Waals surface area contributed by atoms with Gasteiger partial charge in [0.05, 0.1) is 13.1 Å². The Bertz CT molecular complexity index is 540. The lowest BCUT2D eigenvalue weighted by Gasteiger charge is -2.24. The first-order valence-corrected chi connectivity index (χ1v) is 9.15. The highest BCUT2D eigenvalue weighted by molar-refractivity contribution is 5.85. The predicted octanol–water partition coefficient (Wildman–Crippen LogP) is 2.52. The van der Waals surface area contributed by atoms with Crippen LogP contribution in [0, 0.1) is 5.92 Å². The number of carbonyl (C=O) groups excluding carboxylic acids is 2. The number of nitrogens with zero attached hydrogens (tertiary/aromatic N) is 1. The van der Waals surface area contributed by atoms with Crippen molar-refractivity contribution in [3.63, 3.8) is 0 Å². The molecule has 1 aromatic rings. The number of likely N-dealkylation sites (N-methyl/N-ethyl adjacent to an activating group) is 2. The second kappa shape index (κ2) is 10.9. The molecular formula is C20H33N3O2. The van der Waals surface area contributed by atoms with Crippen LogP contribution in [-0.2, 0) is 16.0 Å². The summed E-state index contributed by atoms with van der Waals surface area (Å²) in [5, 5.41) is 5.87. The van der Waals surface area contributed by atoms with E-state index in [0.717, 1.165) is 6.42 Å². The Balaban J connectivity index is 2.65. The number of unbranched alkanes of at least 4 members (excludes halogenated alkanes) is 1.